The maximum Gasteiger partial charge on any atom is 0.252 e. The van der Waals surface area contributed by atoms with Crippen molar-refractivity contribution < 1.29 is 13.2 Å². The number of halogens is 1. The van der Waals surface area contributed by atoms with Gasteiger partial charge in [0.1, 0.15) is 4.21 Å². The molecule has 0 saturated heterocycles. The zero-order valence-electron chi connectivity index (χ0n) is 13.0. The molecule has 1 aromatic heterocycles. The lowest BCUT2D eigenvalue weighted by Crippen LogP contribution is -2.39. The summed E-state index contributed by atoms with van der Waals surface area (Å²) in [6.07, 6.45) is 0.594. The molecule has 3 N–H and O–H groups in total. The molecule has 1 aromatic rings. The number of sulfonamides is 1. The van der Waals surface area contributed by atoms with E-state index >= 15 is 0 Å². The third kappa shape index (κ3) is 5.51. The summed E-state index contributed by atoms with van der Waals surface area (Å²) < 4.78 is 26.4. The lowest BCUT2D eigenvalue weighted by molar-refractivity contribution is -0.121. The van der Waals surface area contributed by atoms with E-state index < -0.39 is 16.1 Å². The SMILES string of the molecule is CCN(CC)S(=O)(=O)c1ccc(CCNC(=O)[C@H](C)N)s1.Cl. The van der Waals surface area contributed by atoms with Gasteiger partial charge in [-0.15, -0.1) is 23.7 Å². The molecule has 0 aliphatic carbocycles. The number of thiophene rings is 1. The Morgan fingerprint density at radius 3 is 2.45 bits per heavy atom. The van der Waals surface area contributed by atoms with E-state index in [9.17, 15) is 13.2 Å². The fourth-order valence-corrected chi connectivity index (χ4v) is 4.76. The Hall–Kier alpha value is -0.670. The van der Waals surface area contributed by atoms with Crippen molar-refractivity contribution in [1.82, 2.24) is 9.62 Å². The number of carbonyl (C=O) groups is 1. The van der Waals surface area contributed by atoms with Gasteiger partial charge in [0.05, 0.1) is 6.04 Å². The molecule has 0 saturated carbocycles. The molecule has 0 aromatic carbocycles. The van der Waals surface area contributed by atoms with Gasteiger partial charge in [-0.1, -0.05) is 13.8 Å². The average Bonchev–Trinajstić information content (AvgIpc) is 2.89. The lowest BCUT2D eigenvalue weighted by atomic mass is 10.3. The Labute approximate surface area is 142 Å². The topological polar surface area (TPSA) is 92.5 Å². The molecule has 0 bridgehead atoms. The molecule has 0 aliphatic rings. The van der Waals surface area contributed by atoms with Gasteiger partial charge in [0, 0.05) is 24.5 Å². The van der Waals surface area contributed by atoms with E-state index in [1.807, 2.05) is 13.8 Å². The van der Waals surface area contributed by atoms with Crippen LogP contribution in [0.25, 0.3) is 0 Å². The quantitative estimate of drug-likeness (QED) is 0.720. The Bertz CT molecular complexity index is 569. The van der Waals surface area contributed by atoms with Gasteiger partial charge >= 0.3 is 0 Å². The molecule has 1 amide bonds. The third-order valence-corrected chi connectivity index (χ3v) is 6.68. The first kappa shape index (κ1) is 21.3. The summed E-state index contributed by atoms with van der Waals surface area (Å²) >= 11 is 1.25. The van der Waals surface area contributed by atoms with Gasteiger partial charge in [-0.05, 0) is 25.5 Å². The van der Waals surface area contributed by atoms with Crippen LogP contribution in [0.4, 0.5) is 0 Å². The van der Waals surface area contributed by atoms with Gasteiger partial charge in [-0.2, -0.15) is 4.31 Å². The van der Waals surface area contributed by atoms with Crippen LogP contribution in [-0.2, 0) is 21.2 Å². The largest absolute Gasteiger partial charge is 0.354 e. The Morgan fingerprint density at radius 1 is 1.36 bits per heavy atom. The first-order valence-corrected chi connectivity index (χ1v) is 9.20. The van der Waals surface area contributed by atoms with E-state index in [1.165, 1.54) is 15.6 Å². The molecule has 9 heteroatoms. The molecule has 22 heavy (non-hydrogen) atoms. The van der Waals surface area contributed by atoms with Crippen molar-refractivity contribution in [1.29, 1.82) is 0 Å². The number of nitrogens with one attached hydrogen (secondary N) is 1. The molecule has 0 radical (unpaired) electrons. The van der Waals surface area contributed by atoms with Gasteiger partial charge < -0.3 is 11.1 Å². The van der Waals surface area contributed by atoms with E-state index in [4.69, 9.17) is 5.73 Å². The van der Waals surface area contributed by atoms with E-state index in [0.29, 0.717) is 30.3 Å². The number of nitrogens with zero attached hydrogens (tertiary/aromatic N) is 1. The van der Waals surface area contributed by atoms with Crippen molar-refractivity contribution in [3.63, 3.8) is 0 Å². The van der Waals surface area contributed by atoms with Gasteiger partial charge in [0.2, 0.25) is 5.91 Å². The summed E-state index contributed by atoms with van der Waals surface area (Å²) in [7, 11) is -3.39. The molecule has 0 unspecified atom stereocenters. The van der Waals surface area contributed by atoms with Crippen LogP contribution in [0.5, 0.6) is 0 Å². The molecule has 0 fully saturated rings. The second kappa shape index (κ2) is 9.46. The molecular weight excluding hydrogens is 346 g/mol. The molecule has 1 atom stereocenters. The molecule has 0 spiro atoms. The summed E-state index contributed by atoms with van der Waals surface area (Å²) in [5, 5.41) is 2.71. The Balaban J connectivity index is 0.00000441. The van der Waals surface area contributed by atoms with Gasteiger partial charge in [0.15, 0.2) is 0 Å². The summed E-state index contributed by atoms with van der Waals surface area (Å²) in [6.45, 7) is 6.62. The first-order valence-electron chi connectivity index (χ1n) is 6.95. The fraction of sp³-hybridized carbons (Fsp3) is 0.615. The summed E-state index contributed by atoms with van der Waals surface area (Å²) in [5.74, 6) is -0.206. The zero-order valence-corrected chi connectivity index (χ0v) is 15.5. The Kier molecular flexibility index (Phi) is 9.18. The minimum Gasteiger partial charge on any atom is -0.354 e. The molecule has 128 valence electrons. The smallest absolute Gasteiger partial charge is 0.252 e. The number of amides is 1. The van der Waals surface area contributed by atoms with Crippen molar-refractivity contribution in [2.24, 2.45) is 5.73 Å². The third-order valence-electron chi connectivity index (χ3n) is 3.02. The molecule has 1 heterocycles. The number of hydrogen-bond acceptors (Lipinski definition) is 5. The fourth-order valence-electron chi connectivity index (χ4n) is 1.79. The predicted octanol–water partition coefficient (Wildman–Crippen LogP) is 1.21. The summed E-state index contributed by atoms with van der Waals surface area (Å²) in [6, 6.07) is 2.88. The van der Waals surface area contributed by atoms with Crippen LogP contribution < -0.4 is 11.1 Å². The van der Waals surface area contributed by atoms with Crippen molar-refractivity contribution >= 4 is 39.7 Å². The van der Waals surface area contributed by atoms with E-state index in [1.54, 1.807) is 19.1 Å². The number of hydrogen-bond donors (Lipinski definition) is 2. The van der Waals surface area contributed by atoms with Crippen LogP contribution in [-0.4, -0.2) is 44.3 Å². The number of carbonyl (C=O) groups excluding carboxylic acids is 1. The van der Waals surface area contributed by atoms with E-state index in [-0.39, 0.29) is 18.3 Å². The number of rotatable bonds is 8. The van der Waals surface area contributed by atoms with Crippen LogP contribution in [0.1, 0.15) is 25.6 Å². The maximum atomic E-state index is 12.3. The molecule has 1 rings (SSSR count). The lowest BCUT2D eigenvalue weighted by Gasteiger charge is -2.16. The zero-order chi connectivity index (χ0) is 16.0. The number of nitrogens with two attached hydrogens (primary N) is 1. The second-order valence-corrected chi connectivity index (χ2v) is 7.97. The minimum absolute atomic E-state index is 0. The van der Waals surface area contributed by atoms with Crippen LogP contribution in [0.3, 0.4) is 0 Å². The van der Waals surface area contributed by atoms with Crippen LogP contribution >= 0.6 is 23.7 Å². The van der Waals surface area contributed by atoms with E-state index in [0.717, 1.165) is 4.88 Å². The van der Waals surface area contributed by atoms with Crippen LogP contribution in [0, 0.1) is 0 Å². The van der Waals surface area contributed by atoms with Gasteiger partial charge in [0.25, 0.3) is 10.0 Å². The summed E-state index contributed by atoms with van der Waals surface area (Å²) in [4.78, 5) is 12.3. The van der Waals surface area contributed by atoms with E-state index in [2.05, 4.69) is 5.32 Å². The molecular formula is C13H24ClN3O3S2. The van der Waals surface area contributed by atoms with Crippen molar-refractivity contribution in [3.8, 4) is 0 Å². The van der Waals surface area contributed by atoms with Crippen molar-refractivity contribution in [2.75, 3.05) is 19.6 Å². The maximum absolute atomic E-state index is 12.3. The molecule has 0 aliphatic heterocycles. The minimum atomic E-state index is -3.39. The summed E-state index contributed by atoms with van der Waals surface area (Å²) in [5.41, 5.74) is 5.45. The van der Waals surface area contributed by atoms with Crippen molar-refractivity contribution in [2.45, 2.75) is 37.4 Å². The molecule has 6 nitrogen and oxygen atoms in total. The average molecular weight is 370 g/mol. The monoisotopic (exact) mass is 369 g/mol. The predicted molar refractivity (Wildman–Crippen MR) is 92.0 cm³/mol. The first-order chi connectivity index (χ1) is 9.82. The van der Waals surface area contributed by atoms with Gasteiger partial charge in [-0.3, -0.25) is 4.79 Å². The highest BCUT2D eigenvalue weighted by Crippen LogP contribution is 2.25. The highest BCUT2D eigenvalue weighted by Gasteiger charge is 2.23. The highest BCUT2D eigenvalue weighted by atomic mass is 35.5. The van der Waals surface area contributed by atoms with Crippen molar-refractivity contribution in [3.05, 3.63) is 17.0 Å². The van der Waals surface area contributed by atoms with Crippen LogP contribution in [0.2, 0.25) is 0 Å². The highest BCUT2D eigenvalue weighted by molar-refractivity contribution is 7.91. The standard InChI is InChI=1S/C13H23N3O3S2.ClH/c1-4-16(5-2)21(18,19)12-7-6-11(20-12)8-9-15-13(17)10(3)14;/h6-7,10H,4-5,8-9,14H2,1-3H3,(H,15,17);1H/t10-;/m0./s1. The Morgan fingerprint density at radius 2 is 1.95 bits per heavy atom. The normalized spacial score (nSPS) is 12.8. The van der Waals surface area contributed by atoms with Gasteiger partial charge in [-0.25, -0.2) is 8.42 Å². The van der Waals surface area contributed by atoms with Crippen LogP contribution in [0.15, 0.2) is 16.3 Å². The second-order valence-electron chi connectivity index (χ2n) is 4.64.